The van der Waals surface area contributed by atoms with Crippen LogP contribution in [0.2, 0.25) is 0 Å². The number of amides is 1. The number of hydrogen-bond acceptors (Lipinski definition) is 5. The number of fused-ring (bicyclic) bond motifs is 2. The van der Waals surface area contributed by atoms with Gasteiger partial charge in [-0.1, -0.05) is 17.5 Å². The first-order valence-electron chi connectivity index (χ1n) is 11.6. The quantitative estimate of drug-likeness (QED) is 0.483. The molecule has 0 spiro atoms. The predicted octanol–water partition coefficient (Wildman–Crippen LogP) is 2.44. The second-order valence-corrected chi connectivity index (χ2v) is 8.99. The van der Waals surface area contributed by atoms with E-state index in [1.165, 1.54) is 6.42 Å². The number of aromatic nitrogens is 3. The van der Waals surface area contributed by atoms with Crippen molar-refractivity contribution in [3.05, 3.63) is 45.9 Å². The van der Waals surface area contributed by atoms with Crippen LogP contribution in [0.4, 0.5) is 5.82 Å². The van der Waals surface area contributed by atoms with Gasteiger partial charge in [-0.15, -0.1) is 0 Å². The highest BCUT2D eigenvalue weighted by atomic mass is 16.5. The second-order valence-electron chi connectivity index (χ2n) is 8.99. The number of carbonyl (C=O) groups is 1. The lowest BCUT2D eigenvalue weighted by Crippen LogP contribution is -2.47. The highest BCUT2D eigenvalue weighted by molar-refractivity contribution is 6.00. The molecule has 1 aliphatic carbocycles. The highest BCUT2D eigenvalue weighted by Crippen LogP contribution is 2.27. The Hall–Kier alpha value is -3.00. The van der Waals surface area contributed by atoms with Crippen molar-refractivity contribution in [1.29, 1.82) is 0 Å². The first-order valence-corrected chi connectivity index (χ1v) is 11.6. The van der Waals surface area contributed by atoms with Crippen molar-refractivity contribution in [3.63, 3.8) is 0 Å². The predicted molar refractivity (Wildman–Crippen MR) is 122 cm³/mol. The molecule has 0 radical (unpaired) electrons. The first-order chi connectivity index (χ1) is 15.5. The van der Waals surface area contributed by atoms with Gasteiger partial charge in [-0.25, -0.2) is 4.57 Å². The number of carbonyl (C=O) groups excluding carboxylic acids is 1. The van der Waals surface area contributed by atoms with Gasteiger partial charge in [0.15, 0.2) is 0 Å². The topological polar surface area (TPSA) is 103 Å². The first kappa shape index (κ1) is 20.9. The Kier molecular flexibility index (Phi) is 5.55. The van der Waals surface area contributed by atoms with E-state index in [0.29, 0.717) is 34.6 Å². The van der Waals surface area contributed by atoms with Crippen molar-refractivity contribution in [2.24, 2.45) is 0 Å². The average molecular weight is 437 g/mol. The van der Waals surface area contributed by atoms with E-state index >= 15 is 0 Å². The fraction of sp³-hybridized carbons (Fsp3) is 0.500. The van der Waals surface area contributed by atoms with Crippen molar-refractivity contribution < 1.29 is 14.1 Å². The summed E-state index contributed by atoms with van der Waals surface area (Å²) in [6, 6.07) is 5.50. The summed E-state index contributed by atoms with van der Waals surface area (Å²) >= 11 is 0. The normalized spacial score (nSPS) is 19.6. The number of hydrogen-bond donors (Lipinski definition) is 2. The third-order valence-electron chi connectivity index (χ3n) is 6.82. The lowest BCUT2D eigenvalue weighted by Gasteiger charge is -2.24. The molecule has 1 amide bonds. The van der Waals surface area contributed by atoms with Crippen LogP contribution >= 0.6 is 0 Å². The second kappa shape index (κ2) is 8.50. The number of nitrogen functional groups attached to an aromatic ring is 1. The summed E-state index contributed by atoms with van der Waals surface area (Å²) < 4.78 is 9.12. The van der Waals surface area contributed by atoms with Gasteiger partial charge in [0.1, 0.15) is 10.9 Å². The van der Waals surface area contributed by atoms with Crippen molar-refractivity contribution >= 4 is 28.4 Å². The van der Waals surface area contributed by atoms with Crippen molar-refractivity contribution in [2.75, 3.05) is 18.9 Å². The maximum atomic E-state index is 13.4. The van der Waals surface area contributed by atoms with Crippen LogP contribution in [-0.2, 0) is 4.74 Å². The van der Waals surface area contributed by atoms with E-state index in [0.717, 1.165) is 50.7 Å². The van der Waals surface area contributed by atoms with E-state index < -0.39 is 0 Å². The van der Waals surface area contributed by atoms with E-state index in [1.54, 1.807) is 16.7 Å². The maximum absolute atomic E-state index is 13.4. The molecule has 1 aliphatic heterocycles. The van der Waals surface area contributed by atoms with Crippen LogP contribution in [-0.4, -0.2) is 34.5 Å². The van der Waals surface area contributed by atoms with Crippen LogP contribution in [0.25, 0.3) is 16.7 Å². The Balaban J connectivity index is 1.68. The van der Waals surface area contributed by atoms with Crippen LogP contribution in [0.1, 0.15) is 66.9 Å². The number of aryl methyl sites for hydroxylation is 1. The molecule has 5 rings (SSSR count). The third-order valence-corrected chi connectivity index (χ3v) is 6.82. The highest BCUT2D eigenvalue weighted by Gasteiger charge is 2.30. The molecular formula is C24H30N5O3+. The molecule has 1 saturated heterocycles. The molecule has 168 valence electrons. The van der Waals surface area contributed by atoms with Gasteiger partial charge in [-0.3, -0.25) is 14.0 Å². The molecule has 0 aromatic carbocycles. The fourth-order valence-corrected chi connectivity index (χ4v) is 5.07. The standard InChI is InChI=1S/C24H29N5O3/c1-15-7-5-11-28-21(15)27-22-19(24(28)31)13-18(23(30)26-14-17-10-6-12-32-17)20(25)29(22)16-8-3-2-4-9-16/h5,7,11,13,16-17,25H,2-4,6,8-10,12,14H2,1H3,(H,26,30)/p+1. The van der Waals surface area contributed by atoms with Crippen LogP contribution in [0.3, 0.4) is 0 Å². The van der Waals surface area contributed by atoms with Gasteiger partial charge in [-0.2, -0.15) is 0 Å². The Bertz CT molecular complexity index is 1240. The lowest BCUT2D eigenvalue weighted by atomic mass is 9.94. The summed E-state index contributed by atoms with van der Waals surface area (Å²) in [4.78, 5) is 31.5. The minimum absolute atomic E-state index is 0.0327. The van der Waals surface area contributed by atoms with E-state index in [2.05, 4.69) is 5.32 Å². The molecule has 0 bridgehead atoms. The maximum Gasteiger partial charge on any atom is 0.278 e. The zero-order valence-electron chi connectivity index (χ0n) is 18.5. The van der Waals surface area contributed by atoms with Crippen molar-refractivity contribution in [3.8, 4) is 0 Å². The summed E-state index contributed by atoms with van der Waals surface area (Å²) in [6.45, 7) is 3.11. The third kappa shape index (κ3) is 3.62. The number of rotatable bonds is 4. The molecule has 2 aliphatic rings. The summed E-state index contributed by atoms with van der Waals surface area (Å²) in [6.07, 6.45) is 9.00. The van der Waals surface area contributed by atoms with Gasteiger partial charge >= 0.3 is 0 Å². The van der Waals surface area contributed by atoms with E-state index in [9.17, 15) is 9.59 Å². The lowest BCUT2D eigenvalue weighted by molar-refractivity contribution is -0.689. The van der Waals surface area contributed by atoms with Crippen LogP contribution in [0.15, 0.2) is 29.2 Å². The summed E-state index contributed by atoms with van der Waals surface area (Å²) in [7, 11) is 0. The van der Waals surface area contributed by atoms with Gasteiger partial charge in [0.2, 0.25) is 11.5 Å². The average Bonchev–Trinajstić information content (AvgIpc) is 3.32. The van der Waals surface area contributed by atoms with E-state index in [4.69, 9.17) is 15.5 Å². The zero-order valence-corrected chi connectivity index (χ0v) is 18.5. The van der Waals surface area contributed by atoms with E-state index in [-0.39, 0.29) is 23.6 Å². The minimum Gasteiger partial charge on any atom is -0.376 e. The zero-order chi connectivity index (χ0) is 22.2. The Morgan fingerprint density at radius 3 is 2.84 bits per heavy atom. The fourth-order valence-electron chi connectivity index (χ4n) is 5.07. The summed E-state index contributed by atoms with van der Waals surface area (Å²) in [5.74, 6) is 0.0947. The van der Waals surface area contributed by atoms with Crippen molar-refractivity contribution in [1.82, 2.24) is 14.7 Å². The molecule has 2 fully saturated rings. The van der Waals surface area contributed by atoms with Crippen LogP contribution < -0.4 is 21.2 Å². The number of nitrogens with two attached hydrogens (primary N) is 1. The number of pyridine rings is 2. The smallest absolute Gasteiger partial charge is 0.278 e. The molecular weight excluding hydrogens is 406 g/mol. The van der Waals surface area contributed by atoms with Gasteiger partial charge < -0.3 is 15.8 Å². The Morgan fingerprint density at radius 1 is 1.28 bits per heavy atom. The van der Waals surface area contributed by atoms with Crippen LogP contribution in [0, 0.1) is 6.92 Å². The molecule has 1 unspecified atom stereocenters. The summed E-state index contributed by atoms with van der Waals surface area (Å²) in [5, 5.41) is 3.37. The molecule has 3 N–H and O–H groups in total. The van der Waals surface area contributed by atoms with Crippen LogP contribution in [0.5, 0.6) is 0 Å². The van der Waals surface area contributed by atoms with Gasteiger partial charge in [0, 0.05) is 24.9 Å². The number of ether oxygens (including phenoxy) is 1. The molecule has 8 heteroatoms. The minimum atomic E-state index is -0.279. The Morgan fingerprint density at radius 2 is 2.09 bits per heavy atom. The molecule has 32 heavy (non-hydrogen) atoms. The summed E-state index contributed by atoms with van der Waals surface area (Å²) in [5.41, 5.74) is 8.85. The van der Waals surface area contributed by atoms with Crippen molar-refractivity contribution in [2.45, 2.75) is 64.0 Å². The number of nitrogens with zero attached hydrogens (tertiary/aromatic N) is 3. The molecule has 3 aromatic rings. The molecule has 1 saturated carbocycles. The van der Waals surface area contributed by atoms with E-state index in [1.807, 2.05) is 23.6 Å². The molecule has 8 nitrogen and oxygen atoms in total. The van der Waals surface area contributed by atoms with Gasteiger partial charge in [0.05, 0.1) is 12.1 Å². The number of anilines is 1. The molecule has 4 heterocycles. The molecule has 1 atom stereocenters. The monoisotopic (exact) mass is 436 g/mol. The molecule has 3 aromatic heterocycles. The SMILES string of the molecule is Cc1cccn2c(=O)c3cc(C(=O)NCC4CCCO4)c(N)[n+](C4CCCCC4)c3nc12. The van der Waals surface area contributed by atoms with Gasteiger partial charge in [-0.05, 0) is 57.6 Å². The van der Waals surface area contributed by atoms with Gasteiger partial charge in [0.25, 0.3) is 17.1 Å². The number of nitrogens with one attached hydrogen (secondary N) is 1. The largest absolute Gasteiger partial charge is 0.376 e. The Labute approximate surface area is 186 Å².